The van der Waals surface area contributed by atoms with Crippen LogP contribution >= 0.6 is 0 Å². The number of amides is 1. The van der Waals surface area contributed by atoms with Crippen LogP contribution in [0.1, 0.15) is 53.4 Å². The summed E-state index contributed by atoms with van der Waals surface area (Å²) in [6, 6.07) is 0. The molecule has 0 aromatic carbocycles. The summed E-state index contributed by atoms with van der Waals surface area (Å²) in [5, 5.41) is 3.47. The molecule has 2 heterocycles. The van der Waals surface area contributed by atoms with Gasteiger partial charge < -0.3 is 24.6 Å². The van der Waals surface area contributed by atoms with Crippen molar-refractivity contribution in [3.8, 4) is 0 Å². The Bertz CT molecular complexity index is 580. The van der Waals surface area contributed by atoms with Crippen molar-refractivity contribution in [2.75, 3.05) is 46.4 Å². The molecule has 0 aromatic heterocycles. The molecule has 29 heavy (non-hydrogen) atoms. The molecule has 166 valence electrons. The lowest BCUT2D eigenvalue weighted by molar-refractivity contribution is -0.149. The number of nitrogens with one attached hydrogen (secondary N) is 1. The van der Waals surface area contributed by atoms with Gasteiger partial charge in [0.05, 0.1) is 12.5 Å². The highest BCUT2D eigenvalue weighted by atomic mass is 16.6. The van der Waals surface area contributed by atoms with Gasteiger partial charge in [0.2, 0.25) is 0 Å². The van der Waals surface area contributed by atoms with E-state index in [2.05, 4.69) is 15.2 Å². The van der Waals surface area contributed by atoms with E-state index in [1.54, 1.807) is 11.9 Å². The van der Waals surface area contributed by atoms with E-state index in [4.69, 9.17) is 9.47 Å². The van der Waals surface area contributed by atoms with Gasteiger partial charge in [-0.15, -0.1) is 0 Å². The number of guanidine groups is 1. The Labute approximate surface area is 175 Å². The summed E-state index contributed by atoms with van der Waals surface area (Å²) >= 11 is 0. The highest BCUT2D eigenvalue weighted by molar-refractivity contribution is 5.81. The van der Waals surface area contributed by atoms with E-state index in [-0.39, 0.29) is 18.0 Å². The smallest absolute Gasteiger partial charge is 0.410 e. The van der Waals surface area contributed by atoms with Gasteiger partial charge in [-0.25, -0.2) is 4.79 Å². The molecular weight excluding hydrogens is 372 g/mol. The normalized spacial score (nSPS) is 21.7. The van der Waals surface area contributed by atoms with Gasteiger partial charge in [0.1, 0.15) is 5.60 Å². The van der Waals surface area contributed by atoms with Gasteiger partial charge in [-0.2, -0.15) is 0 Å². The minimum Gasteiger partial charge on any atom is -0.466 e. The fourth-order valence-electron chi connectivity index (χ4n) is 3.84. The number of carbonyl (C=O) groups excluding carboxylic acids is 2. The zero-order valence-electron chi connectivity index (χ0n) is 18.7. The Morgan fingerprint density at radius 3 is 2.38 bits per heavy atom. The molecule has 1 atom stereocenters. The van der Waals surface area contributed by atoms with E-state index in [1.807, 2.05) is 27.7 Å². The number of hydrogen-bond donors (Lipinski definition) is 1. The number of likely N-dealkylation sites (tertiary alicyclic amines) is 2. The monoisotopic (exact) mass is 410 g/mol. The van der Waals surface area contributed by atoms with Crippen LogP contribution < -0.4 is 5.32 Å². The van der Waals surface area contributed by atoms with Crippen molar-refractivity contribution < 1.29 is 19.1 Å². The first-order chi connectivity index (χ1) is 13.7. The number of aliphatic imine (C=N–C) groups is 1. The van der Waals surface area contributed by atoms with E-state index < -0.39 is 5.60 Å². The van der Waals surface area contributed by atoms with E-state index in [9.17, 15) is 9.59 Å². The first-order valence-corrected chi connectivity index (χ1v) is 10.8. The predicted octanol–water partition coefficient (Wildman–Crippen LogP) is 2.48. The second kappa shape index (κ2) is 10.7. The number of esters is 1. The maximum absolute atomic E-state index is 12.2. The minimum absolute atomic E-state index is 0.0840. The molecule has 1 N–H and O–H groups in total. The summed E-state index contributed by atoms with van der Waals surface area (Å²) in [7, 11) is 1.78. The van der Waals surface area contributed by atoms with E-state index in [0.717, 1.165) is 44.7 Å². The van der Waals surface area contributed by atoms with Crippen LogP contribution in [-0.2, 0) is 14.3 Å². The van der Waals surface area contributed by atoms with E-state index in [0.29, 0.717) is 32.2 Å². The first-order valence-electron chi connectivity index (χ1n) is 10.8. The maximum atomic E-state index is 12.2. The molecule has 8 nitrogen and oxygen atoms in total. The maximum Gasteiger partial charge on any atom is 0.410 e. The fourth-order valence-corrected chi connectivity index (χ4v) is 3.84. The van der Waals surface area contributed by atoms with Gasteiger partial charge in [0.25, 0.3) is 0 Å². The lowest BCUT2D eigenvalue weighted by Gasteiger charge is -2.36. The summed E-state index contributed by atoms with van der Waals surface area (Å²) in [6.07, 6.45) is 3.48. The van der Waals surface area contributed by atoms with Crippen LogP contribution in [0.15, 0.2) is 4.99 Å². The fraction of sp³-hybridized carbons (Fsp3) is 0.857. The molecule has 2 fully saturated rings. The number of hydrogen-bond acceptors (Lipinski definition) is 5. The SMILES string of the molecule is CCOC(=O)C1CCCN(C(=NC)NCC2CCN(C(=O)OC(C)(C)C)CC2)C1. The third-order valence-corrected chi connectivity index (χ3v) is 5.37. The Kier molecular flexibility index (Phi) is 8.59. The Morgan fingerprint density at radius 1 is 1.10 bits per heavy atom. The molecule has 0 saturated carbocycles. The van der Waals surface area contributed by atoms with Gasteiger partial charge in [-0.05, 0) is 59.3 Å². The minimum atomic E-state index is -0.460. The van der Waals surface area contributed by atoms with E-state index in [1.165, 1.54) is 0 Å². The molecule has 2 aliphatic rings. The quantitative estimate of drug-likeness (QED) is 0.436. The molecule has 1 amide bonds. The van der Waals surface area contributed by atoms with Crippen molar-refractivity contribution in [3.05, 3.63) is 0 Å². The van der Waals surface area contributed by atoms with Gasteiger partial charge in [-0.1, -0.05) is 0 Å². The van der Waals surface area contributed by atoms with Crippen LogP contribution in [0.25, 0.3) is 0 Å². The lowest BCUT2D eigenvalue weighted by Crippen LogP contribution is -2.50. The van der Waals surface area contributed by atoms with E-state index >= 15 is 0 Å². The van der Waals surface area contributed by atoms with Crippen molar-refractivity contribution in [3.63, 3.8) is 0 Å². The van der Waals surface area contributed by atoms with Crippen LogP contribution in [0.2, 0.25) is 0 Å². The number of rotatable bonds is 4. The molecule has 2 saturated heterocycles. The van der Waals surface area contributed by atoms with Gasteiger partial charge in [0.15, 0.2) is 5.96 Å². The highest BCUT2D eigenvalue weighted by Crippen LogP contribution is 2.20. The molecule has 0 aliphatic carbocycles. The molecule has 0 radical (unpaired) electrons. The Balaban J connectivity index is 1.77. The van der Waals surface area contributed by atoms with Gasteiger partial charge in [-0.3, -0.25) is 9.79 Å². The molecule has 2 aliphatic heterocycles. The van der Waals surface area contributed by atoms with Crippen LogP contribution in [0.4, 0.5) is 4.79 Å². The standard InChI is InChI=1S/C21H38N4O4/c1-6-28-18(26)17-8-7-11-25(15-17)19(22-5)23-14-16-9-12-24(13-10-16)20(27)29-21(2,3)4/h16-17H,6-15H2,1-5H3,(H,22,23). The van der Waals surface area contributed by atoms with Gasteiger partial charge >= 0.3 is 12.1 Å². The lowest BCUT2D eigenvalue weighted by atomic mass is 9.97. The average molecular weight is 411 g/mol. The number of nitrogens with zero attached hydrogens (tertiary/aromatic N) is 3. The molecular formula is C21H38N4O4. The second-order valence-electron chi connectivity index (χ2n) is 8.88. The van der Waals surface area contributed by atoms with Gasteiger partial charge in [0, 0.05) is 39.8 Å². The highest BCUT2D eigenvalue weighted by Gasteiger charge is 2.30. The Morgan fingerprint density at radius 2 is 1.79 bits per heavy atom. The number of piperidine rings is 2. The summed E-state index contributed by atoms with van der Waals surface area (Å²) < 4.78 is 10.7. The summed E-state index contributed by atoms with van der Waals surface area (Å²) in [6.45, 7) is 11.7. The second-order valence-corrected chi connectivity index (χ2v) is 8.88. The van der Waals surface area contributed by atoms with Crippen LogP contribution in [0.5, 0.6) is 0 Å². The zero-order valence-corrected chi connectivity index (χ0v) is 18.7. The summed E-state index contributed by atoms with van der Waals surface area (Å²) in [5.41, 5.74) is -0.460. The molecule has 1 unspecified atom stereocenters. The van der Waals surface area contributed by atoms with Crippen molar-refractivity contribution in [1.82, 2.24) is 15.1 Å². The predicted molar refractivity (Wildman–Crippen MR) is 113 cm³/mol. The molecule has 0 spiro atoms. The summed E-state index contributed by atoms with van der Waals surface area (Å²) in [4.78, 5) is 32.6. The van der Waals surface area contributed by atoms with Crippen molar-refractivity contribution in [2.24, 2.45) is 16.8 Å². The van der Waals surface area contributed by atoms with Crippen molar-refractivity contribution in [2.45, 2.75) is 59.0 Å². The molecule has 0 bridgehead atoms. The Hall–Kier alpha value is -1.99. The number of ether oxygens (including phenoxy) is 2. The van der Waals surface area contributed by atoms with Crippen LogP contribution in [0.3, 0.4) is 0 Å². The summed E-state index contributed by atoms with van der Waals surface area (Å²) in [5.74, 6) is 1.13. The zero-order chi connectivity index (χ0) is 21.4. The van der Waals surface area contributed by atoms with Crippen LogP contribution in [0, 0.1) is 11.8 Å². The molecule has 2 rings (SSSR count). The average Bonchev–Trinajstić information content (AvgIpc) is 2.68. The third-order valence-electron chi connectivity index (χ3n) is 5.37. The third kappa shape index (κ3) is 7.40. The molecule has 0 aromatic rings. The first kappa shape index (κ1) is 23.3. The molecule has 8 heteroatoms. The number of carbonyl (C=O) groups is 2. The van der Waals surface area contributed by atoms with Crippen molar-refractivity contribution >= 4 is 18.0 Å². The van der Waals surface area contributed by atoms with Crippen molar-refractivity contribution in [1.29, 1.82) is 0 Å². The van der Waals surface area contributed by atoms with Crippen LogP contribution in [-0.4, -0.2) is 79.8 Å². The topological polar surface area (TPSA) is 83.5 Å². The largest absolute Gasteiger partial charge is 0.466 e.